The number of rotatable bonds is 8. The molecule has 2 heteroatoms. The smallest absolute Gasteiger partial charge is 0.187 e. The van der Waals surface area contributed by atoms with Crippen LogP contribution in [0.1, 0.15) is 41.7 Å². The maximum atomic E-state index is 7.41. The molecule has 55 heavy (non-hydrogen) atoms. The van der Waals surface area contributed by atoms with Gasteiger partial charge in [-0.1, -0.05) is 173 Å². The Morgan fingerprint density at radius 2 is 1.18 bits per heavy atom. The molecule has 0 atom stereocenters. The molecule has 0 spiro atoms. The molecular weight excluding hydrogens is 665 g/mol. The van der Waals surface area contributed by atoms with Crippen molar-refractivity contribution in [3.63, 3.8) is 0 Å². The summed E-state index contributed by atoms with van der Waals surface area (Å²) in [6.45, 7) is 20.6. The van der Waals surface area contributed by atoms with E-state index in [9.17, 15) is 0 Å². The van der Waals surface area contributed by atoms with Gasteiger partial charge in [-0.2, -0.15) is 0 Å². The highest BCUT2D eigenvalue weighted by Gasteiger charge is 2.42. The number of benzene rings is 7. The van der Waals surface area contributed by atoms with Crippen molar-refractivity contribution in [3.05, 3.63) is 240 Å². The van der Waals surface area contributed by atoms with E-state index in [1.807, 2.05) is 36.4 Å². The topological polar surface area (TPSA) is 9.29 Å². The summed E-state index contributed by atoms with van der Waals surface area (Å²) in [5.74, 6) is 0. The average molecular weight is 705 g/mol. The van der Waals surface area contributed by atoms with Gasteiger partial charge in [-0.25, -0.2) is 4.85 Å². The van der Waals surface area contributed by atoms with Gasteiger partial charge in [0, 0.05) is 21.9 Å². The molecule has 0 saturated carbocycles. The Hall–Kier alpha value is -6.95. The van der Waals surface area contributed by atoms with Gasteiger partial charge in [0.25, 0.3) is 0 Å². The molecule has 0 amide bonds. The SMILES string of the molecule is [C-]#[N+]c1ccc(-n2c3ccccc3c3cc(-c4ccc5c(c4)C(C)(C)c4cc(C(/C(C=C)=C/C=C)(c6ccccc6)c6ccccc6)ccc4-5)ccc32)cc1. The number of para-hydroxylation sites is 1. The lowest BCUT2D eigenvalue weighted by Gasteiger charge is -2.38. The Bertz CT molecular complexity index is 2820. The largest absolute Gasteiger partial charge is 0.309 e. The zero-order chi connectivity index (χ0) is 37.7. The molecule has 2 nitrogen and oxygen atoms in total. The van der Waals surface area contributed by atoms with Crippen LogP contribution in [0.5, 0.6) is 0 Å². The van der Waals surface area contributed by atoms with Crippen molar-refractivity contribution in [1.29, 1.82) is 0 Å². The maximum Gasteiger partial charge on any atom is 0.187 e. The summed E-state index contributed by atoms with van der Waals surface area (Å²) in [6, 6.07) is 59.0. The van der Waals surface area contributed by atoms with Crippen molar-refractivity contribution in [2.45, 2.75) is 24.7 Å². The minimum atomic E-state index is -0.600. The van der Waals surface area contributed by atoms with Crippen LogP contribution in [0.3, 0.4) is 0 Å². The van der Waals surface area contributed by atoms with Crippen LogP contribution in [-0.4, -0.2) is 4.57 Å². The molecule has 1 aliphatic carbocycles. The first-order valence-corrected chi connectivity index (χ1v) is 18.8. The fourth-order valence-corrected chi connectivity index (χ4v) is 9.11. The summed E-state index contributed by atoms with van der Waals surface area (Å²) in [4.78, 5) is 3.60. The molecule has 8 aromatic rings. The Kier molecular flexibility index (Phi) is 8.11. The number of nitrogens with zero attached hydrogens (tertiary/aromatic N) is 2. The zero-order valence-electron chi connectivity index (χ0n) is 31.1. The first kappa shape index (κ1) is 33.9. The molecule has 1 aliphatic rings. The van der Waals surface area contributed by atoms with Crippen molar-refractivity contribution in [2.24, 2.45) is 0 Å². The van der Waals surface area contributed by atoms with Crippen molar-refractivity contribution in [1.82, 2.24) is 4.57 Å². The molecule has 0 saturated heterocycles. The zero-order valence-corrected chi connectivity index (χ0v) is 31.1. The fourth-order valence-electron chi connectivity index (χ4n) is 9.11. The lowest BCUT2D eigenvalue weighted by Crippen LogP contribution is -2.32. The second-order valence-corrected chi connectivity index (χ2v) is 14.9. The predicted molar refractivity (Wildman–Crippen MR) is 231 cm³/mol. The minimum Gasteiger partial charge on any atom is -0.309 e. The molecule has 0 unspecified atom stereocenters. The molecule has 1 heterocycles. The summed E-state index contributed by atoms with van der Waals surface area (Å²) in [5.41, 5.74) is 15.4. The highest BCUT2D eigenvalue weighted by atomic mass is 15.0. The molecule has 0 fully saturated rings. The third-order valence-electron chi connectivity index (χ3n) is 11.7. The van der Waals surface area contributed by atoms with Crippen LogP contribution in [0.25, 0.3) is 54.6 Å². The third-order valence-corrected chi connectivity index (χ3v) is 11.7. The lowest BCUT2D eigenvalue weighted by molar-refractivity contribution is 0.655. The van der Waals surface area contributed by atoms with Gasteiger partial charge >= 0.3 is 0 Å². The van der Waals surface area contributed by atoms with Crippen LogP contribution in [0.4, 0.5) is 5.69 Å². The summed E-state index contributed by atoms with van der Waals surface area (Å²) >= 11 is 0. The first-order valence-electron chi connectivity index (χ1n) is 18.8. The van der Waals surface area contributed by atoms with Crippen LogP contribution in [0.2, 0.25) is 0 Å². The van der Waals surface area contributed by atoms with Crippen LogP contribution in [0, 0.1) is 6.57 Å². The van der Waals surface area contributed by atoms with E-state index in [4.69, 9.17) is 6.57 Å². The van der Waals surface area contributed by atoms with E-state index in [0.29, 0.717) is 5.69 Å². The molecule has 262 valence electrons. The number of hydrogen-bond donors (Lipinski definition) is 0. The summed E-state index contributed by atoms with van der Waals surface area (Å²) < 4.78 is 2.30. The van der Waals surface area contributed by atoms with E-state index in [1.165, 1.54) is 60.8 Å². The van der Waals surface area contributed by atoms with Crippen molar-refractivity contribution in [3.8, 4) is 27.9 Å². The van der Waals surface area contributed by atoms with Gasteiger partial charge in [0.2, 0.25) is 0 Å². The van der Waals surface area contributed by atoms with E-state index >= 15 is 0 Å². The number of allylic oxidation sites excluding steroid dienone is 4. The Morgan fingerprint density at radius 3 is 1.84 bits per heavy atom. The maximum absolute atomic E-state index is 7.41. The molecule has 0 N–H and O–H groups in total. The number of aromatic nitrogens is 1. The Labute approximate surface area is 323 Å². The minimum absolute atomic E-state index is 0.246. The number of fused-ring (bicyclic) bond motifs is 6. The van der Waals surface area contributed by atoms with Crippen LogP contribution in [-0.2, 0) is 10.8 Å². The summed E-state index contributed by atoms with van der Waals surface area (Å²) in [7, 11) is 0. The predicted octanol–water partition coefficient (Wildman–Crippen LogP) is 13.9. The second-order valence-electron chi connectivity index (χ2n) is 14.9. The molecule has 0 aliphatic heterocycles. The van der Waals surface area contributed by atoms with Gasteiger partial charge < -0.3 is 4.57 Å². The van der Waals surface area contributed by atoms with Gasteiger partial charge in [0.1, 0.15) is 0 Å². The fraction of sp³-hybridized carbons (Fsp3) is 0.0755. The van der Waals surface area contributed by atoms with E-state index in [1.54, 1.807) is 0 Å². The Morgan fingerprint density at radius 1 is 0.600 bits per heavy atom. The van der Waals surface area contributed by atoms with Gasteiger partial charge in [0.05, 0.1) is 23.0 Å². The van der Waals surface area contributed by atoms with Gasteiger partial charge in [0.15, 0.2) is 5.69 Å². The number of hydrogen-bond acceptors (Lipinski definition) is 0. The van der Waals surface area contributed by atoms with Crippen LogP contribution in [0.15, 0.2) is 201 Å². The van der Waals surface area contributed by atoms with Gasteiger partial charge in [-0.05, 0) is 92.0 Å². The Balaban J connectivity index is 1.18. The quantitative estimate of drug-likeness (QED) is 0.0846. The monoisotopic (exact) mass is 704 g/mol. The lowest BCUT2D eigenvalue weighted by atomic mass is 9.63. The van der Waals surface area contributed by atoms with E-state index < -0.39 is 5.41 Å². The van der Waals surface area contributed by atoms with Gasteiger partial charge in [-0.15, -0.1) is 0 Å². The van der Waals surface area contributed by atoms with E-state index in [-0.39, 0.29) is 5.41 Å². The van der Waals surface area contributed by atoms with Crippen LogP contribution >= 0.6 is 0 Å². The molecule has 7 aromatic carbocycles. The molecule has 9 rings (SSSR count). The first-order chi connectivity index (χ1) is 26.9. The van der Waals surface area contributed by atoms with E-state index in [0.717, 1.165) is 22.3 Å². The molecule has 1 aromatic heterocycles. The van der Waals surface area contributed by atoms with Crippen molar-refractivity contribution >= 4 is 27.5 Å². The molecule has 0 bridgehead atoms. The van der Waals surface area contributed by atoms with E-state index in [2.05, 4.69) is 182 Å². The van der Waals surface area contributed by atoms with Crippen LogP contribution < -0.4 is 0 Å². The van der Waals surface area contributed by atoms with Crippen molar-refractivity contribution < 1.29 is 0 Å². The van der Waals surface area contributed by atoms with Crippen molar-refractivity contribution in [2.75, 3.05) is 0 Å². The average Bonchev–Trinajstić information content (AvgIpc) is 3.69. The molecule has 0 radical (unpaired) electrons. The summed E-state index contributed by atoms with van der Waals surface area (Å²) in [5, 5.41) is 2.42. The molecular formula is C53H40N2. The highest BCUT2D eigenvalue weighted by molar-refractivity contribution is 6.10. The standard InChI is InChI=1S/C53H40N2/c1-6-16-38(7-2)53(39-17-10-8-11-18-39,40-19-12-9-13-20-40)41-25-31-45-44-30-23-37(34-48(44)52(3,4)49(45)35-41)36-24-32-51-47(33-36)46-21-14-15-22-50(46)55(51)43-28-26-42(54-5)27-29-43/h6-35H,1-2H2,3-4H3/b38-16+. The van der Waals surface area contributed by atoms with Gasteiger partial charge in [-0.3, -0.25) is 0 Å². The normalized spacial score (nSPS) is 13.3. The third kappa shape index (κ3) is 5.16. The summed E-state index contributed by atoms with van der Waals surface area (Å²) in [6.07, 6.45) is 5.96. The highest BCUT2D eigenvalue weighted by Crippen LogP contribution is 2.53. The second kappa shape index (κ2) is 13.2.